The Morgan fingerprint density at radius 2 is 1.19 bits per heavy atom. The molecule has 5 aromatic carbocycles. The average molecular weight is 605 g/mol. The Labute approximate surface area is 253 Å². The van der Waals surface area contributed by atoms with E-state index in [9.17, 15) is 4.89 Å². The summed E-state index contributed by atoms with van der Waals surface area (Å²) in [7, 11) is -6.30. The number of rotatable bonds is 6. The van der Waals surface area contributed by atoms with Crippen LogP contribution in [0.5, 0.6) is 0 Å². The molecule has 1 aliphatic heterocycles. The van der Waals surface area contributed by atoms with Gasteiger partial charge in [-0.1, -0.05) is 0 Å². The summed E-state index contributed by atoms with van der Waals surface area (Å²) in [5, 5.41) is 5.42. The molecule has 5 heteroatoms. The second-order valence-corrected chi connectivity index (χ2v) is 17.5. The molecule has 0 aromatic heterocycles. The van der Waals surface area contributed by atoms with Crippen molar-refractivity contribution in [3.8, 4) is 0 Å². The minimum atomic E-state index is -3.22. The molecule has 210 valence electrons. The van der Waals surface area contributed by atoms with Crippen molar-refractivity contribution in [3.63, 3.8) is 0 Å². The van der Waals surface area contributed by atoms with Gasteiger partial charge in [-0.3, -0.25) is 0 Å². The van der Waals surface area contributed by atoms with Crippen LogP contribution in [0.25, 0.3) is 0 Å². The van der Waals surface area contributed by atoms with Crippen LogP contribution < -0.4 is 26.5 Å². The third-order valence-electron chi connectivity index (χ3n) is 8.00. The Morgan fingerprint density at radius 1 is 0.690 bits per heavy atom. The molecule has 0 aliphatic carbocycles. The first-order valence-corrected chi connectivity index (χ1v) is 18.9. The topological polar surface area (TPSA) is 37.3 Å². The summed E-state index contributed by atoms with van der Waals surface area (Å²) in [6.07, 6.45) is 6.53. The summed E-state index contributed by atoms with van der Waals surface area (Å²) in [5.74, 6) is 0.805. The van der Waals surface area contributed by atoms with Gasteiger partial charge in [0.25, 0.3) is 0 Å². The Hall–Kier alpha value is -3.45. The van der Waals surface area contributed by atoms with Crippen molar-refractivity contribution in [1.29, 1.82) is 0 Å². The van der Waals surface area contributed by atoms with Gasteiger partial charge in [-0.25, -0.2) is 0 Å². The van der Waals surface area contributed by atoms with Gasteiger partial charge < -0.3 is 0 Å². The molecule has 0 amide bonds. The molecule has 0 spiro atoms. The van der Waals surface area contributed by atoms with Crippen LogP contribution in [0.1, 0.15) is 18.4 Å². The second-order valence-electron chi connectivity index (χ2n) is 10.6. The van der Waals surface area contributed by atoms with Gasteiger partial charge in [0.15, 0.2) is 0 Å². The molecule has 0 bridgehead atoms. The number of hydrogen-bond acceptors (Lipinski definition) is 3. The number of allylic oxidation sites excluding steroid dienone is 3. The zero-order chi connectivity index (χ0) is 29.0. The number of thioether (sulfide) groups is 1. The summed E-state index contributed by atoms with van der Waals surface area (Å²) < 4.78 is 15.0. The van der Waals surface area contributed by atoms with Crippen LogP contribution in [0.15, 0.2) is 168 Å². The Kier molecular flexibility index (Phi) is 8.48. The quantitative estimate of drug-likeness (QED) is 0.207. The SMILES string of the molecule is CC1/C=C\C([PH](O)(c2ccccc2)c2ccccc2)=C/CSc2cc(P(=O)(c3ccccc3)c3ccccc3)ccc21. The molecule has 1 N–H and O–H groups in total. The maximum absolute atomic E-state index is 15.0. The Balaban J connectivity index is 1.43. The standard InChI is InChI=1S/C37H34O2P2S/c1-29-22-23-34(40(38,30-14-6-2-7-15-30)31-16-8-3-9-17-31)26-27-42-37-28-35(24-25-36(29)37)41(39,32-18-10-4-11-19-32)33-20-12-5-13-21-33/h2-26,28-29,38,40H,27H2,1H3/b23-22-,34-26+. The van der Waals surface area contributed by atoms with Crippen molar-refractivity contribution in [1.82, 2.24) is 0 Å². The van der Waals surface area contributed by atoms with Crippen LogP contribution in [0.3, 0.4) is 0 Å². The molecule has 0 fully saturated rings. The molecule has 42 heavy (non-hydrogen) atoms. The van der Waals surface area contributed by atoms with E-state index in [4.69, 9.17) is 0 Å². The van der Waals surface area contributed by atoms with E-state index in [-0.39, 0.29) is 5.92 Å². The maximum atomic E-state index is 15.0. The van der Waals surface area contributed by atoms with Gasteiger partial charge in [-0.15, -0.1) is 0 Å². The fourth-order valence-electron chi connectivity index (χ4n) is 5.71. The van der Waals surface area contributed by atoms with E-state index in [0.717, 1.165) is 36.7 Å². The normalized spacial score (nSPS) is 18.0. The first-order chi connectivity index (χ1) is 20.5. The predicted molar refractivity (Wildman–Crippen MR) is 185 cm³/mol. The van der Waals surface area contributed by atoms with Crippen molar-refractivity contribution in [3.05, 3.63) is 169 Å². The molecule has 1 heterocycles. The first kappa shape index (κ1) is 28.7. The summed E-state index contributed by atoms with van der Waals surface area (Å²) in [6, 6.07) is 46.2. The van der Waals surface area contributed by atoms with Crippen molar-refractivity contribution >= 4 is 52.9 Å². The predicted octanol–water partition coefficient (Wildman–Crippen LogP) is 7.28. The van der Waals surface area contributed by atoms with Gasteiger partial charge in [0.1, 0.15) is 0 Å². The number of benzene rings is 5. The van der Waals surface area contributed by atoms with E-state index >= 15 is 4.57 Å². The van der Waals surface area contributed by atoms with Crippen LogP contribution in [0.4, 0.5) is 0 Å². The van der Waals surface area contributed by atoms with Crippen molar-refractivity contribution < 1.29 is 9.46 Å². The van der Waals surface area contributed by atoms with Gasteiger partial charge in [-0.2, -0.15) is 0 Å². The monoisotopic (exact) mass is 604 g/mol. The summed E-state index contributed by atoms with van der Waals surface area (Å²) in [6.45, 7) is 2.19. The van der Waals surface area contributed by atoms with E-state index < -0.39 is 14.6 Å². The third kappa shape index (κ3) is 5.39. The number of fused-ring (bicyclic) bond motifs is 1. The molecule has 5 aromatic rings. The molecular weight excluding hydrogens is 570 g/mol. The van der Waals surface area contributed by atoms with Crippen LogP contribution in [-0.2, 0) is 4.57 Å². The van der Waals surface area contributed by atoms with E-state index in [2.05, 4.69) is 43.4 Å². The van der Waals surface area contributed by atoms with Gasteiger partial charge in [0.05, 0.1) is 0 Å². The van der Waals surface area contributed by atoms with Crippen molar-refractivity contribution in [2.75, 3.05) is 5.75 Å². The van der Waals surface area contributed by atoms with Gasteiger partial charge in [0, 0.05) is 0 Å². The van der Waals surface area contributed by atoms with E-state index in [1.807, 2.05) is 121 Å². The third-order valence-corrected chi connectivity index (χ3v) is 15.6. The molecule has 1 atom stereocenters. The van der Waals surface area contributed by atoms with Crippen LogP contribution in [0.2, 0.25) is 0 Å². The van der Waals surface area contributed by atoms with Crippen molar-refractivity contribution in [2.24, 2.45) is 0 Å². The number of hydrogen-bond donors (Lipinski definition) is 1. The van der Waals surface area contributed by atoms with Crippen molar-refractivity contribution in [2.45, 2.75) is 17.7 Å². The molecule has 0 saturated heterocycles. The van der Waals surface area contributed by atoms with E-state index in [0.29, 0.717) is 5.75 Å². The Morgan fingerprint density at radius 3 is 1.71 bits per heavy atom. The molecule has 0 saturated carbocycles. The zero-order valence-electron chi connectivity index (χ0n) is 23.5. The van der Waals surface area contributed by atoms with Gasteiger partial charge in [0.2, 0.25) is 0 Å². The molecule has 6 rings (SSSR count). The summed E-state index contributed by atoms with van der Waals surface area (Å²) >= 11 is 1.74. The first-order valence-electron chi connectivity index (χ1n) is 14.2. The van der Waals surface area contributed by atoms with Crippen LogP contribution in [-0.4, -0.2) is 10.6 Å². The fourth-order valence-corrected chi connectivity index (χ4v) is 12.8. The zero-order valence-corrected chi connectivity index (χ0v) is 26.2. The van der Waals surface area contributed by atoms with Crippen LogP contribution >= 0.6 is 26.4 Å². The molecular formula is C37H34O2P2S. The van der Waals surface area contributed by atoms with Gasteiger partial charge in [-0.05, 0) is 0 Å². The fraction of sp³-hybridized carbons (Fsp3) is 0.0811. The molecule has 1 unspecified atom stereocenters. The molecule has 1 aliphatic rings. The second kappa shape index (κ2) is 12.4. The molecule has 2 nitrogen and oxygen atoms in total. The summed E-state index contributed by atoms with van der Waals surface area (Å²) in [5.41, 5.74) is 1.20. The minimum absolute atomic E-state index is 0.112. The van der Waals surface area contributed by atoms with Crippen LogP contribution in [0, 0.1) is 0 Å². The Bertz CT molecular complexity index is 1690. The van der Waals surface area contributed by atoms with E-state index in [1.54, 1.807) is 11.8 Å². The summed E-state index contributed by atoms with van der Waals surface area (Å²) in [4.78, 5) is 13.7. The average Bonchev–Trinajstić information content (AvgIpc) is 3.14. The van der Waals surface area contributed by atoms with Gasteiger partial charge >= 0.3 is 254 Å². The molecule has 0 radical (unpaired) electrons. The van der Waals surface area contributed by atoms with E-state index in [1.165, 1.54) is 5.56 Å².